The van der Waals surface area contributed by atoms with Crippen LogP contribution in [0.3, 0.4) is 0 Å². The Balaban J connectivity index is 1.70. The maximum atomic E-state index is 12.8. The molecular weight excluding hydrogens is 312 g/mol. The molecule has 3 fully saturated rings. The van der Waals surface area contributed by atoms with Crippen LogP contribution in [0.2, 0.25) is 0 Å². The smallest absolute Gasteiger partial charge is 0.162 e. The van der Waals surface area contributed by atoms with Crippen LogP contribution < -0.4 is 0 Å². The average molecular weight is 348 g/mol. The van der Waals surface area contributed by atoms with E-state index in [9.17, 15) is 9.59 Å². The van der Waals surface area contributed by atoms with Crippen LogP contribution in [0.5, 0.6) is 0 Å². The van der Waals surface area contributed by atoms with Gasteiger partial charge in [0.15, 0.2) is 11.6 Å². The van der Waals surface area contributed by atoms with Crippen LogP contribution in [0.4, 0.5) is 0 Å². The van der Waals surface area contributed by atoms with Gasteiger partial charge in [0.05, 0.1) is 4.11 Å². The predicted octanol–water partition coefficient (Wildman–Crippen LogP) is 4.49. The fraction of sp³-hybridized carbons (Fsp3) is 0.818. The Morgan fingerprint density at radius 2 is 1.92 bits per heavy atom. The lowest BCUT2D eigenvalue weighted by Crippen LogP contribution is -2.57. The number of fused-ring (bicyclic) bond motifs is 5. The number of hydrogen-bond donors (Lipinski definition) is 0. The Morgan fingerprint density at radius 3 is 2.64 bits per heavy atom. The summed E-state index contributed by atoms with van der Waals surface area (Å²) in [7, 11) is -2.57. The minimum Gasteiger partial charge on any atom is -0.370 e. The van der Waals surface area contributed by atoms with E-state index in [4.69, 9.17) is 8.85 Å². The molecule has 138 valence electrons. The molecule has 0 heterocycles. The first-order valence-electron chi connectivity index (χ1n) is 11.4. The van der Waals surface area contributed by atoms with E-state index in [1.807, 2.05) is 6.08 Å². The summed E-state index contributed by atoms with van der Waals surface area (Å²) in [6.07, 6.45) is 8.57. The quantitative estimate of drug-likeness (QED) is 0.739. The molecule has 0 radical (unpaired) electrons. The van der Waals surface area contributed by atoms with Crippen molar-refractivity contribution < 1.29 is 18.4 Å². The molecular formula is C22H32O3. The lowest BCUT2D eigenvalue weighted by atomic mass is 9.46. The van der Waals surface area contributed by atoms with Crippen molar-refractivity contribution in [3.05, 3.63) is 11.6 Å². The third-order valence-corrected chi connectivity index (χ3v) is 8.82. The Morgan fingerprint density at radius 1 is 1.16 bits per heavy atom. The van der Waals surface area contributed by atoms with E-state index >= 15 is 0 Å². The van der Waals surface area contributed by atoms with Crippen molar-refractivity contribution >= 4 is 11.6 Å². The summed E-state index contributed by atoms with van der Waals surface area (Å²) in [6, 6.07) is 0. The van der Waals surface area contributed by atoms with Gasteiger partial charge in [-0.2, -0.15) is 0 Å². The Hall–Kier alpha value is -0.960. The van der Waals surface area contributed by atoms with Crippen molar-refractivity contribution in [2.45, 2.75) is 77.7 Å². The van der Waals surface area contributed by atoms with Gasteiger partial charge in [0.25, 0.3) is 0 Å². The molecule has 0 unspecified atom stereocenters. The van der Waals surface area contributed by atoms with Crippen LogP contribution in [0.25, 0.3) is 0 Å². The highest BCUT2D eigenvalue weighted by molar-refractivity contribution is 5.91. The highest BCUT2D eigenvalue weighted by Crippen LogP contribution is 2.68. The summed E-state index contributed by atoms with van der Waals surface area (Å²) in [5, 5.41) is 0. The van der Waals surface area contributed by atoms with Gasteiger partial charge < -0.3 is 4.74 Å². The molecule has 0 spiro atoms. The average Bonchev–Trinajstić information content (AvgIpc) is 2.88. The molecule has 0 amide bonds. The molecule has 4 aliphatic carbocycles. The Labute approximate surface area is 155 Å². The number of hydrogen-bond acceptors (Lipinski definition) is 3. The fourth-order valence-corrected chi connectivity index (χ4v) is 7.38. The summed E-state index contributed by atoms with van der Waals surface area (Å²) in [5.74, 6) is 1.39. The standard InChI is InChI=1S/C22H32O3/c1-14(23)22(25-4)12-9-19-17-6-5-15-13-16(24)7-10-20(15,2)18(17)8-11-21(19,22)3/h13,17-19H,5-12H2,1-4H3/t17-,18+,19+,20+,21+,22+/m1/s1/i4D3. The van der Waals surface area contributed by atoms with Crippen molar-refractivity contribution in [2.24, 2.45) is 28.6 Å². The van der Waals surface area contributed by atoms with Gasteiger partial charge in [-0.25, -0.2) is 0 Å². The van der Waals surface area contributed by atoms with E-state index < -0.39 is 18.1 Å². The summed E-state index contributed by atoms with van der Waals surface area (Å²) in [4.78, 5) is 24.7. The number of rotatable bonds is 2. The lowest BCUT2D eigenvalue weighted by molar-refractivity contribution is -0.168. The van der Waals surface area contributed by atoms with Crippen LogP contribution in [0.15, 0.2) is 11.6 Å². The van der Waals surface area contributed by atoms with Gasteiger partial charge in [-0.15, -0.1) is 0 Å². The molecule has 0 aliphatic heterocycles. The summed E-state index contributed by atoms with van der Waals surface area (Å²) in [6.45, 7) is 5.93. The van der Waals surface area contributed by atoms with Crippen molar-refractivity contribution in [3.63, 3.8) is 0 Å². The minimum absolute atomic E-state index is 0.0739. The van der Waals surface area contributed by atoms with E-state index in [-0.39, 0.29) is 17.0 Å². The maximum absolute atomic E-state index is 12.8. The second-order valence-electron chi connectivity index (χ2n) is 9.45. The van der Waals surface area contributed by atoms with Crippen molar-refractivity contribution in [1.82, 2.24) is 0 Å². The number of Topliss-reactive ketones (excluding diaryl/α,β-unsaturated/α-hetero) is 1. The molecule has 0 aromatic carbocycles. The SMILES string of the molecule is [2H]C([2H])([2H])O[C@]1(C(C)=O)CC[C@H]2[C@@H]3CCC4=CC(=O)CC[C@]4(C)[C@H]3CC[C@@]21C. The van der Waals surface area contributed by atoms with Crippen LogP contribution in [-0.4, -0.2) is 24.2 Å². The molecule has 4 aliphatic rings. The first kappa shape index (κ1) is 14.1. The van der Waals surface area contributed by atoms with E-state index in [2.05, 4.69) is 13.8 Å². The van der Waals surface area contributed by atoms with Gasteiger partial charge >= 0.3 is 0 Å². The largest absolute Gasteiger partial charge is 0.370 e. The van der Waals surface area contributed by atoms with Gasteiger partial charge in [0, 0.05) is 18.9 Å². The van der Waals surface area contributed by atoms with Crippen LogP contribution in [-0.2, 0) is 14.3 Å². The summed E-state index contributed by atoms with van der Waals surface area (Å²) >= 11 is 0. The molecule has 3 saturated carbocycles. The molecule has 0 aromatic heterocycles. The zero-order chi connectivity index (χ0) is 20.5. The summed E-state index contributed by atoms with van der Waals surface area (Å²) < 4.78 is 28.7. The van der Waals surface area contributed by atoms with Crippen molar-refractivity contribution in [1.29, 1.82) is 0 Å². The van der Waals surface area contributed by atoms with E-state index in [1.54, 1.807) is 0 Å². The normalized spacial score (nSPS) is 51.3. The number of ketones is 2. The molecule has 3 nitrogen and oxygen atoms in total. The van der Waals surface area contributed by atoms with Crippen molar-refractivity contribution in [3.8, 4) is 0 Å². The summed E-state index contributed by atoms with van der Waals surface area (Å²) in [5.41, 5.74) is -0.239. The zero-order valence-corrected chi connectivity index (χ0v) is 15.7. The molecule has 0 N–H and O–H groups in total. The molecule has 0 bridgehead atoms. The third kappa shape index (κ3) is 2.08. The van der Waals surface area contributed by atoms with Crippen LogP contribution in [0.1, 0.15) is 76.3 Å². The second-order valence-corrected chi connectivity index (χ2v) is 9.45. The lowest BCUT2D eigenvalue weighted by Gasteiger charge is -2.59. The molecule has 3 heteroatoms. The Bertz CT molecular complexity index is 742. The van der Waals surface area contributed by atoms with Gasteiger partial charge in [-0.05, 0) is 81.1 Å². The van der Waals surface area contributed by atoms with Crippen LogP contribution >= 0.6 is 0 Å². The van der Waals surface area contributed by atoms with Gasteiger partial charge in [0.1, 0.15) is 5.60 Å². The molecule has 0 saturated heterocycles. The van der Waals surface area contributed by atoms with E-state index in [1.165, 1.54) is 12.5 Å². The number of ether oxygens (including phenoxy) is 1. The van der Waals surface area contributed by atoms with E-state index in [0.717, 1.165) is 38.5 Å². The second kappa shape index (κ2) is 5.52. The third-order valence-electron chi connectivity index (χ3n) is 8.82. The highest BCUT2D eigenvalue weighted by Gasteiger charge is 2.66. The van der Waals surface area contributed by atoms with E-state index in [0.29, 0.717) is 30.6 Å². The van der Waals surface area contributed by atoms with Crippen LogP contribution in [0, 0.1) is 28.6 Å². The first-order chi connectivity index (χ1) is 12.9. The Kier molecular flexibility index (Phi) is 3.12. The van der Waals surface area contributed by atoms with Gasteiger partial charge in [-0.3, -0.25) is 9.59 Å². The predicted molar refractivity (Wildman–Crippen MR) is 97.1 cm³/mol. The molecule has 0 aromatic rings. The first-order valence-corrected chi connectivity index (χ1v) is 9.88. The van der Waals surface area contributed by atoms with Gasteiger partial charge in [0.2, 0.25) is 0 Å². The fourth-order valence-electron chi connectivity index (χ4n) is 7.38. The zero-order valence-electron chi connectivity index (χ0n) is 18.7. The topological polar surface area (TPSA) is 43.4 Å². The molecule has 6 atom stereocenters. The number of allylic oxidation sites excluding steroid dienone is 1. The minimum atomic E-state index is -2.57. The van der Waals surface area contributed by atoms with Crippen molar-refractivity contribution in [2.75, 3.05) is 7.04 Å². The monoisotopic (exact) mass is 347 g/mol. The van der Waals surface area contributed by atoms with Gasteiger partial charge in [-0.1, -0.05) is 19.4 Å². The number of methoxy groups -OCH3 is 1. The molecule has 25 heavy (non-hydrogen) atoms. The molecule has 4 rings (SSSR count). The highest BCUT2D eigenvalue weighted by atomic mass is 16.5. The number of carbonyl (C=O) groups excluding carboxylic acids is 2. The maximum Gasteiger partial charge on any atom is 0.162 e. The number of carbonyl (C=O) groups is 2.